The first-order chi connectivity index (χ1) is 13.6. The Kier molecular flexibility index (Phi) is 7.88. The first kappa shape index (κ1) is 22.7. The summed E-state index contributed by atoms with van der Waals surface area (Å²) in [6, 6.07) is 9.18. The molecular weight excluding hydrogens is 344 g/mol. The fourth-order valence-corrected chi connectivity index (χ4v) is 5.53. The number of Topliss-reactive ketones (excluding diaryl/α,β-unsaturated/α-hetero) is 1. The van der Waals surface area contributed by atoms with Crippen LogP contribution in [-0.2, 0) is 18.3 Å². The van der Waals surface area contributed by atoms with E-state index >= 15 is 0 Å². The molecule has 156 valence electrons. The highest BCUT2D eigenvalue weighted by Crippen LogP contribution is 2.54. The number of hydrogen-bond acceptors (Lipinski definition) is 2. The van der Waals surface area contributed by atoms with E-state index in [9.17, 15) is 4.79 Å². The molecule has 3 heterocycles. The molecule has 2 unspecified atom stereocenters. The first-order valence-electron chi connectivity index (χ1n) is 11.4. The van der Waals surface area contributed by atoms with Crippen molar-refractivity contribution in [3.05, 3.63) is 35.5 Å². The van der Waals surface area contributed by atoms with Gasteiger partial charge in [-0.2, -0.15) is 0 Å². The van der Waals surface area contributed by atoms with E-state index in [4.69, 9.17) is 0 Å². The van der Waals surface area contributed by atoms with Crippen LogP contribution >= 0.6 is 0 Å². The lowest BCUT2D eigenvalue weighted by Crippen LogP contribution is -2.50. The van der Waals surface area contributed by atoms with Gasteiger partial charge in [-0.25, -0.2) is 0 Å². The van der Waals surface area contributed by atoms with E-state index < -0.39 is 0 Å². The number of benzene rings is 1. The number of para-hydroxylation sites is 1. The quantitative estimate of drug-likeness (QED) is 0.620. The Bertz CT molecular complexity index is 791. The van der Waals surface area contributed by atoms with Gasteiger partial charge in [0.15, 0.2) is 0 Å². The van der Waals surface area contributed by atoms with Crippen LogP contribution < -0.4 is 0 Å². The maximum Gasteiger partial charge on any atom is 0.130 e. The molecule has 3 nitrogen and oxygen atoms in total. The van der Waals surface area contributed by atoms with E-state index in [0.29, 0.717) is 18.2 Å². The molecule has 0 aliphatic carbocycles. The van der Waals surface area contributed by atoms with Crippen molar-refractivity contribution in [1.29, 1.82) is 0 Å². The summed E-state index contributed by atoms with van der Waals surface area (Å²) in [5, 5.41) is 1.41. The number of hydrogen-bond donors (Lipinski definition) is 0. The van der Waals surface area contributed by atoms with Crippen LogP contribution in [0.5, 0.6) is 0 Å². The van der Waals surface area contributed by atoms with Gasteiger partial charge in [-0.3, -0.25) is 4.90 Å². The van der Waals surface area contributed by atoms with Crippen LogP contribution in [0, 0.1) is 5.41 Å². The minimum Gasteiger partial charge on any atom is -0.346 e. The van der Waals surface area contributed by atoms with Gasteiger partial charge in [-0.15, -0.1) is 0 Å². The Morgan fingerprint density at radius 2 is 1.82 bits per heavy atom. The lowest BCUT2D eigenvalue weighted by atomic mass is 9.65. The highest BCUT2D eigenvalue weighted by molar-refractivity contribution is 5.86. The number of aryl methyl sites for hydroxylation is 1. The monoisotopic (exact) mass is 384 g/mol. The van der Waals surface area contributed by atoms with Gasteiger partial charge in [0.05, 0.1) is 6.04 Å². The Morgan fingerprint density at radius 3 is 2.46 bits per heavy atom. The van der Waals surface area contributed by atoms with Crippen molar-refractivity contribution in [2.75, 3.05) is 13.1 Å². The summed E-state index contributed by atoms with van der Waals surface area (Å²) >= 11 is 0. The first-order valence-corrected chi connectivity index (χ1v) is 11.4. The zero-order valence-corrected chi connectivity index (χ0v) is 19.1. The number of carbonyl (C=O) groups is 1. The molecule has 0 amide bonds. The van der Waals surface area contributed by atoms with Crippen molar-refractivity contribution in [3.63, 3.8) is 0 Å². The number of nitrogens with zero attached hydrogens (tertiary/aromatic N) is 2. The van der Waals surface area contributed by atoms with E-state index in [0.717, 1.165) is 19.4 Å². The molecule has 1 aromatic heterocycles. The van der Waals surface area contributed by atoms with E-state index in [-0.39, 0.29) is 5.41 Å². The predicted octanol–water partition coefficient (Wildman–Crippen LogP) is 6.30. The third kappa shape index (κ3) is 3.78. The minimum atomic E-state index is 0.0986. The van der Waals surface area contributed by atoms with Crippen LogP contribution in [0.4, 0.5) is 0 Å². The fourth-order valence-electron chi connectivity index (χ4n) is 5.53. The Labute approximate surface area is 172 Å². The molecule has 1 fully saturated rings. The molecule has 0 spiro atoms. The van der Waals surface area contributed by atoms with Crippen LogP contribution in [0.3, 0.4) is 0 Å². The minimum absolute atomic E-state index is 0.0986. The van der Waals surface area contributed by atoms with E-state index in [2.05, 4.69) is 47.7 Å². The van der Waals surface area contributed by atoms with Crippen molar-refractivity contribution < 1.29 is 4.79 Å². The van der Waals surface area contributed by atoms with Gasteiger partial charge < -0.3 is 9.36 Å². The summed E-state index contributed by atoms with van der Waals surface area (Å²) < 4.78 is 2.41. The second-order valence-electron chi connectivity index (χ2n) is 7.83. The van der Waals surface area contributed by atoms with Crippen LogP contribution in [-0.4, -0.2) is 28.3 Å². The van der Waals surface area contributed by atoms with E-state index in [1.165, 1.54) is 41.5 Å². The third-order valence-electron chi connectivity index (χ3n) is 6.54. The summed E-state index contributed by atoms with van der Waals surface area (Å²) in [5.74, 6) is 0.338. The van der Waals surface area contributed by atoms with E-state index in [1.807, 2.05) is 27.7 Å². The third-order valence-corrected chi connectivity index (χ3v) is 6.54. The average molecular weight is 385 g/mol. The zero-order valence-electron chi connectivity index (χ0n) is 19.1. The normalized spacial score (nSPS) is 23.6. The summed E-state index contributed by atoms with van der Waals surface area (Å²) in [7, 11) is 2.22. The molecule has 0 radical (unpaired) electrons. The Balaban J connectivity index is 0.000000660. The molecule has 1 saturated heterocycles. The standard InChI is InChI=1S/C21H28N2O.2C2H6/c1-4-21(14-15(2)24)11-7-12-23-13-10-17-16-8-5-6-9-18(16)22(3)19(17)20(21)23;2*1-2/h5-6,8-9,20H,4,7,10-14H2,1-3H3;2*1-2H3. The smallest absolute Gasteiger partial charge is 0.130 e. The molecule has 28 heavy (non-hydrogen) atoms. The highest BCUT2D eigenvalue weighted by atomic mass is 16.1. The van der Waals surface area contributed by atoms with Gasteiger partial charge in [0.25, 0.3) is 0 Å². The molecule has 1 aromatic carbocycles. The molecule has 2 aliphatic heterocycles. The molecule has 4 rings (SSSR count). The maximum atomic E-state index is 12.1. The summed E-state index contributed by atoms with van der Waals surface area (Å²) in [4.78, 5) is 14.8. The number of ketones is 1. The van der Waals surface area contributed by atoms with Crippen LogP contribution in [0.15, 0.2) is 24.3 Å². The van der Waals surface area contributed by atoms with Gasteiger partial charge in [0.2, 0.25) is 0 Å². The highest BCUT2D eigenvalue weighted by Gasteiger charge is 2.48. The molecule has 0 bridgehead atoms. The van der Waals surface area contributed by atoms with Crippen molar-refractivity contribution in [3.8, 4) is 0 Å². The largest absolute Gasteiger partial charge is 0.346 e. The molecule has 0 N–H and O–H groups in total. The van der Waals surface area contributed by atoms with Gasteiger partial charge in [0, 0.05) is 36.6 Å². The number of aromatic nitrogens is 1. The number of piperidine rings is 1. The fraction of sp³-hybridized carbons (Fsp3) is 0.640. The van der Waals surface area contributed by atoms with Crippen molar-refractivity contribution in [2.24, 2.45) is 12.5 Å². The maximum absolute atomic E-state index is 12.1. The average Bonchev–Trinajstić information content (AvgIpc) is 3.03. The topological polar surface area (TPSA) is 25.2 Å². The van der Waals surface area contributed by atoms with Crippen LogP contribution in [0.1, 0.15) is 84.5 Å². The second kappa shape index (κ2) is 9.73. The van der Waals surface area contributed by atoms with Crippen molar-refractivity contribution >= 4 is 16.7 Å². The Hall–Kier alpha value is -1.61. The number of carbonyl (C=O) groups excluding carboxylic acids is 1. The zero-order chi connectivity index (χ0) is 20.9. The second-order valence-corrected chi connectivity index (χ2v) is 7.83. The van der Waals surface area contributed by atoms with Gasteiger partial charge >= 0.3 is 0 Å². The Morgan fingerprint density at radius 1 is 1.14 bits per heavy atom. The van der Waals surface area contributed by atoms with E-state index in [1.54, 1.807) is 6.92 Å². The molecule has 3 heteroatoms. The lowest BCUT2D eigenvalue weighted by Gasteiger charge is -2.52. The summed E-state index contributed by atoms with van der Waals surface area (Å²) in [6.45, 7) is 14.3. The van der Waals surface area contributed by atoms with Crippen molar-refractivity contribution in [1.82, 2.24) is 9.47 Å². The molecule has 2 atom stereocenters. The number of fused-ring (bicyclic) bond motifs is 5. The molecule has 2 aliphatic rings. The van der Waals surface area contributed by atoms with Gasteiger partial charge in [-0.05, 0) is 56.2 Å². The SMILES string of the molecule is CC.CC.CCC1(CC(C)=O)CCCN2CCc3c(n(C)c4ccccc34)C21. The molecule has 2 aromatic rings. The summed E-state index contributed by atoms with van der Waals surface area (Å²) in [6.07, 6.45) is 5.31. The lowest BCUT2D eigenvalue weighted by molar-refractivity contribution is -0.122. The summed E-state index contributed by atoms with van der Waals surface area (Å²) in [5.41, 5.74) is 4.44. The van der Waals surface area contributed by atoms with Gasteiger partial charge in [0.1, 0.15) is 5.78 Å². The number of rotatable bonds is 3. The predicted molar refractivity (Wildman–Crippen MR) is 121 cm³/mol. The molecular formula is C25H40N2O. The van der Waals surface area contributed by atoms with Crippen molar-refractivity contribution in [2.45, 2.75) is 79.7 Å². The molecule has 0 saturated carbocycles. The van der Waals surface area contributed by atoms with Gasteiger partial charge in [-0.1, -0.05) is 52.8 Å². The van der Waals surface area contributed by atoms with Crippen LogP contribution in [0.25, 0.3) is 10.9 Å². The van der Waals surface area contributed by atoms with Crippen LogP contribution in [0.2, 0.25) is 0 Å².